The molecule has 2 rings (SSSR count). The summed E-state index contributed by atoms with van der Waals surface area (Å²) >= 11 is 5.57. The van der Waals surface area contributed by atoms with Crippen molar-refractivity contribution < 1.29 is 14.8 Å². The number of rotatable bonds is 5. The summed E-state index contributed by atoms with van der Waals surface area (Å²) in [6.07, 6.45) is 0. The summed E-state index contributed by atoms with van der Waals surface area (Å²) in [5.74, 6) is -0.651. The van der Waals surface area contributed by atoms with Gasteiger partial charge in [0.25, 0.3) is 5.69 Å². The molecule has 0 spiro atoms. The molecule has 1 N–H and O–H groups in total. The van der Waals surface area contributed by atoms with Crippen LogP contribution in [0.25, 0.3) is 0 Å². The highest BCUT2D eigenvalue weighted by Crippen LogP contribution is 2.33. The van der Waals surface area contributed by atoms with Crippen LogP contribution in [0.3, 0.4) is 0 Å². The van der Waals surface area contributed by atoms with Gasteiger partial charge in [-0.25, -0.2) is 9.78 Å². The average Bonchev–Trinajstić information content (AvgIpc) is 2.78. The molecule has 1 aromatic carbocycles. The van der Waals surface area contributed by atoms with Gasteiger partial charge in [-0.1, -0.05) is 33.8 Å². The molecule has 0 saturated heterocycles. The van der Waals surface area contributed by atoms with E-state index >= 15 is 0 Å². The first-order valence-corrected chi connectivity index (χ1v) is 8.24. The number of thioether (sulfide) groups is 1. The molecule has 1 heterocycles. The number of nitro benzene ring substituents is 1. The number of thiazole rings is 1. The normalized spacial score (nSPS) is 10.6. The summed E-state index contributed by atoms with van der Waals surface area (Å²) < 4.78 is 1.23. The Bertz CT molecular complexity index is 717. The number of nitro groups is 1. The van der Waals surface area contributed by atoms with Crippen molar-refractivity contribution in [1.82, 2.24) is 4.98 Å². The Labute approximate surface area is 136 Å². The number of halogens is 1. The van der Waals surface area contributed by atoms with Crippen LogP contribution in [0.4, 0.5) is 5.69 Å². The first kappa shape index (κ1) is 15.9. The summed E-state index contributed by atoms with van der Waals surface area (Å²) in [7, 11) is 0. The fourth-order valence-corrected chi connectivity index (χ4v) is 3.97. The predicted molar refractivity (Wildman–Crippen MR) is 84.2 cm³/mol. The third-order valence-corrected chi connectivity index (χ3v) is 5.40. The molecule has 9 heteroatoms. The first-order chi connectivity index (χ1) is 9.88. The average molecular weight is 389 g/mol. The van der Waals surface area contributed by atoms with Crippen LogP contribution in [0.5, 0.6) is 0 Å². The largest absolute Gasteiger partial charge is 0.477 e. The second kappa shape index (κ2) is 6.54. The van der Waals surface area contributed by atoms with Gasteiger partial charge < -0.3 is 5.11 Å². The second-order valence-electron chi connectivity index (χ2n) is 4.02. The van der Waals surface area contributed by atoms with Gasteiger partial charge in [0.1, 0.15) is 4.88 Å². The van der Waals surface area contributed by atoms with E-state index in [1.165, 1.54) is 17.8 Å². The molecular formula is C12H9BrN2O4S2. The topological polar surface area (TPSA) is 93.3 Å². The number of aryl methyl sites for hydroxylation is 1. The molecular weight excluding hydrogens is 380 g/mol. The smallest absolute Gasteiger partial charge is 0.347 e. The molecule has 21 heavy (non-hydrogen) atoms. The number of hydrogen-bond donors (Lipinski definition) is 1. The Balaban J connectivity index is 2.19. The minimum Gasteiger partial charge on any atom is -0.477 e. The zero-order valence-electron chi connectivity index (χ0n) is 10.7. The molecule has 0 fully saturated rings. The van der Waals surface area contributed by atoms with Gasteiger partial charge in [-0.15, -0.1) is 11.3 Å². The van der Waals surface area contributed by atoms with E-state index in [1.54, 1.807) is 19.1 Å². The summed E-state index contributed by atoms with van der Waals surface area (Å²) in [6, 6.07) is 4.86. The van der Waals surface area contributed by atoms with Crippen molar-refractivity contribution >= 4 is 50.7 Å². The molecule has 0 atom stereocenters. The number of aromatic nitrogens is 1. The lowest BCUT2D eigenvalue weighted by atomic mass is 10.2. The van der Waals surface area contributed by atoms with E-state index in [1.807, 2.05) is 0 Å². The van der Waals surface area contributed by atoms with Crippen molar-refractivity contribution in [2.24, 2.45) is 0 Å². The van der Waals surface area contributed by atoms with Crippen molar-refractivity contribution in [3.63, 3.8) is 0 Å². The van der Waals surface area contributed by atoms with Crippen LogP contribution in [-0.2, 0) is 5.75 Å². The highest BCUT2D eigenvalue weighted by Gasteiger charge is 2.17. The molecule has 1 aromatic heterocycles. The summed E-state index contributed by atoms with van der Waals surface area (Å²) in [5, 5.41) is 20.0. The molecule has 6 nitrogen and oxygen atoms in total. The lowest BCUT2D eigenvalue weighted by Gasteiger charge is -2.02. The number of nitrogens with zero attached hydrogens (tertiary/aromatic N) is 2. The summed E-state index contributed by atoms with van der Waals surface area (Å²) in [5.41, 5.74) is 1.06. The van der Waals surface area contributed by atoms with Crippen LogP contribution < -0.4 is 0 Å². The third-order valence-electron chi connectivity index (χ3n) is 2.57. The maximum atomic E-state index is 11.0. The molecule has 0 aliphatic carbocycles. The van der Waals surface area contributed by atoms with Crippen molar-refractivity contribution in [3.05, 3.63) is 48.9 Å². The number of carbonyl (C=O) groups is 1. The van der Waals surface area contributed by atoms with Gasteiger partial charge in [-0.05, 0) is 13.0 Å². The number of benzene rings is 1. The third kappa shape index (κ3) is 3.80. The van der Waals surface area contributed by atoms with E-state index in [0.717, 1.165) is 11.3 Å². The van der Waals surface area contributed by atoms with Crippen LogP contribution >= 0.6 is 39.0 Å². The maximum Gasteiger partial charge on any atom is 0.347 e. The quantitative estimate of drug-likeness (QED) is 0.470. The Morgan fingerprint density at radius 2 is 2.29 bits per heavy atom. The number of aromatic carboxylic acids is 1. The van der Waals surface area contributed by atoms with Crippen molar-refractivity contribution in [3.8, 4) is 0 Å². The highest BCUT2D eigenvalue weighted by molar-refractivity contribution is 9.10. The van der Waals surface area contributed by atoms with E-state index in [-0.39, 0.29) is 10.6 Å². The number of hydrogen-bond acceptors (Lipinski definition) is 6. The molecule has 0 bridgehead atoms. The van der Waals surface area contributed by atoms with Gasteiger partial charge in [0, 0.05) is 21.9 Å². The zero-order chi connectivity index (χ0) is 15.6. The van der Waals surface area contributed by atoms with Gasteiger partial charge in [0.2, 0.25) is 0 Å². The molecule has 110 valence electrons. The Hall–Kier alpha value is -1.45. The molecule has 0 radical (unpaired) electrons. The van der Waals surface area contributed by atoms with E-state index in [9.17, 15) is 14.9 Å². The van der Waals surface area contributed by atoms with Gasteiger partial charge in [0.15, 0.2) is 4.34 Å². The zero-order valence-corrected chi connectivity index (χ0v) is 13.9. The number of carboxylic acids is 1. The first-order valence-electron chi connectivity index (χ1n) is 5.65. The van der Waals surface area contributed by atoms with Crippen LogP contribution in [0.1, 0.15) is 20.9 Å². The van der Waals surface area contributed by atoms with Gasteiger partial charge >= 0.3 is 5.97 Å². The predicted octanol–water partition coefficient (Wildman–Crippen LogP) is 4.11. The summed E-state index contributed by atoms with van der Waals surface area (Å²) in [6.45, 7) is 1.63. The molecule has 0 amide bonds. The van der Waals surface area contributed by atoms with Crippen LogP contribution in [0, 0.1) is 17.0 Å². The Morgan fingerprint density at radius 1 is 1.57 bits per heavy atom. The maximum absolute atomic E-state index is 11.0. The molecule has 2 aromatic rings. The van der Waals surface area contributed by atoms with Gasteiger partial charge in [-0.3, -0.25) is 10.1 Å². The highest BCUT2D eigenvalue weighted by atomic mass is 79.9. The second-order valence-corrected chi connectivity index (χ2v) is 7.16. The molecule has 0 aliphatic heterocycles. The molecule has 0 saturated carbocycles. The molecule has 0 unspecified atom stereocenters. The minimum absolute atomic E-state index is 0.0311. The summed E-state index contributed by atoms with van der Waals surface area (Å²) in [4.78, 5) is 25.9. The van der Waals surface area contributed by atoms with E-state index in [0.29, 0.717) is 25.8 Å². The standard InChI is InChI=1S/C12H9BrN2O4S2/c1-6-10(11(16)17)21-12(14-6)20-5-7-2-3-8(13)4-9(7)15(18)19/h2-4H,5H2,1H3,(H,16,17). The fraction of sp³-hybridized carbons (Fsp3) is 0.167. The lowest BCUT2D eigenvalue weighted by Crippen LogP contribution is -1.94. The number of carboxylic acid groups (broad SMARTS) is 1. The lowest BCUT2D eigenvalue weighted by molar-refractivity contribution is -0.385. The fourth-order valence-electron chi connectivity index (χ4n) is 1.60. The van der Waals surface area contributed by atoms with Gasteiger partial charge in [0.05, 0.1) is 10.6 Å². The van der Waals surface area contributed by atoms with Crippen LogP contribution in [0.15, 0.2) is 27.0 Å². The Morgan fingerprint density at radius 3 is 2.86 bits per heavy atom. The van der Waals surface area contributed by atoms with Crippen LogP contribution in [0.2, 0.25) is 0 Å². The van der Waals surface area contributed by atoms with E-state index in [2.05, 4.69) is 20.9 Å². The molecule has 0 aliphatic rings. The van der Waals surface area contributed by atoms with Crippen molar-refractivity contribution in [1.29, 1.82) is 0 Å². The van der Waals surface area contributed by atoms with Crippen LogP contribution in [-0.4, -0.2) is 21.0 Å². The monoisotopic (exact) mass is 388 g/mol. The van der Waals surface area contributed by atoms with Gasteiger partial charge in [-0.2, -0.15) is 0 Å². The minimum atomic E-state index is -1.01. The Kier molecular flexibility index (Phi) is 4.96. The van der Waals surface area contributed by atoms with E-state index in [4.69, 9.17) is 5.11 Å². The SMILES string of the molecule is Cc1nc(SCc2ccc(Br)cc2[N+](=O)[O-])sc1C(=O)O. The van der Waals surface area contributed by atoms with E-state index < -0.39 is 10.9 Å². The van der Waals surface area contributed by atoms with Crippen molar-refractivity contribution in [2.75, 3.05) is 0 Å². The van der Waals surface area contributed by atoms with Crippen molar-refractivity contribution in [2.45, 2.75) is 17.0 Å².